The Balaban J connectivity index is 1.47. The third-order valence-corrected chi connectivity index (χ3v) is 6.46. The number of halogens is 2. The van der Waals surface area contributed by atoms with Gasteiger partial charge in [-0.05, 0) is 68.3 Å². The summed E-state index contributed by atoms with van der Waals surface area (Å²) in [6, 6.07) is 22.0. The molecule has 156 valence electrons. The van der Waals surface area contributed by atoms with Gasteiger partial charge in [0, 0.05) is 35.6 Å². The van der Waals surface area contributed by atoms with Crippen molar-refractivity contribution in [3.8, 4) is 0 Å². The van der Waals surface area contributed by atoms with Crippen molar-refractivity contribution in [3.05, 3.63) is 83.1 Å². The second-order valence-electron chi connectivity index (χ2n) is 7.62. The fourth-order valence-corrected chi connectivity index (χ4v) is 4.63. The number of hydrogen-bond acceptors (Lipinski definition) is 4. The molecule has 0 aliphatic carbocycles. The van der Waals surface area contributed by atoms with Gasteiger partial charge in [0.15, 0.2) is 0 Å². The Labute approximate surface area is 187 Å². The van der Waals surface area contributed by atoms with E-state index in [9.17, 15) is 4.39 Å². The molecular formula is C24H25ClFN3S. The molecule has 0 spiro atoms. The SMILES string of the molecule is Cc1ccc(SNc2ccccc2N2CCN(c3ccc(Cl)cc3F)CC2C)cc1. The van der Waals surface area contributed by atoms with E-state index < -0.39 is 0 Å². The number of hydrogen-bond donors (Lipinski definition) is 1. The Kier molecular flexibility index (Phi) is 6.40. The van der Waals surface area contributed by atoms with E-state index in [1.807, 2.05) is 6.07 Å². The van der Waals surface area contributed by atoms with Crippen LogP contribution >= 0.6 is 23.5 Å². The van der Waals surface area contributed by atoms with Crippen LogP contribution in [0, 0.1) is 12.7 Å². The highest BCUT2D eigenvalue weighted by molar-refractivity contribution is 8.00. The molecule has 3 aromatic rings. The van der Waals surface area contributed by atoms with Crippen molar-refractivity contribution in [1.29, 1.82) is 0 Å². The molecule has 0 saturated carbocycles. The normalized spacial score (nSPS) is 16.6. The van der Waals surface area contributed by atoms with Gasteiger partial charge in [0.1, 0.15) is 5.82 Å². The van der Waals surface area contributed by atoms with E-state index in [4.69, 9.17) is 11.6 Å². The molecule has 0 aromatic heterocycles. The molecule has 3 aromatic carbocycles. The van der Waals surface area contributed by atoms with Crippen LogP contribution in [0.1, 0.15) is 12.5 Å². The first-order valence-electron chi connectivity index (χ1n) is 10.1. The van der Waals surface area contributed by atoms with E-state index in [1.54, 1.807) is 24.1 Å². The first-order valence-corrected chi connectivity index (χ1v) is 11.3. The van der Waals surface area contributed by atoms with Crippen LogP contribution < -0.4 is 14.5 Å². The van der Waals surface area contributed by atoms with Gasteiger partial charge in [-0.3, -0.25) is 0 Å². The summed E-state index contributed by atoms with van der Waals surface area (Å²) in [6.07, 6.45) is 0. The number of para-hydroxylation sites is 2. The molecule has 1 unspecified atom stereocenters. The summed E-state index contributed by atoms with van der Waals surface area (Å²) in [7, 11) is 0. The molecule has 0 amide bonds. The Morgan fingerprint density at radius 1 is 1.00 bits per heavy atom. The fourth-order valence-electron chi connectivity index (χ4n) is 3.80. The van der Waals surface area contributed by atoms with Gasteiger partial charge < -0.3 is 14.5 Å². The van der Waals surface area contributed by atoms with Crippen LogP contribution in [0.15, 0.2) is 71.6 Å². The van der Waals surface area contributed by atoms with E-state index in [2.05, 4.69) is 70.8 Å². The van der Waals surface area contributed by atoms with E-state index in [-0.39, 0.29) is 11.9 Å². The van der Waals surface area contributed by atoms with Gasteiger partial charge in [0.25, 0.3) is 0 Å². The largest absolute Gasteiger partial charge is 0.365 e. The second kappa shape index (κ2) is 9.19. The van der Waals surface area contributed by atoms with Gasteiger partial charge in [-0.1, -0.05) is 41.4 Å². The first-order chi connectivity index (χ1) is 14.5. The molecule has 1 aliphatic rings. The predicted molar refractivity (Wildman–Crippen MR) is 128 cm³/mol. The third kappa shape index (κ3) is 4.68. The summed E-state index contributed by atoms with van der Waals surface area (Å²) in [4.78, 5) is 5.67. The van der Waals surface area contributed by atoms with Gasteiger partial charge in [-0.25, -0.2) is 4.39 Å². The van der Waals surface area contributed by atoms with Crippen molar-refractivity contribution < 1.29 is 4.39 Å². The number of nitrogens with one attached hydrogen (secondary N) is 1. The summed E-state index contributed by atoms with van der Waals surface area (Å²) >= 11 is 7.52. The summed E-state index contributed by atoms with van der Waals surface area (Å²) < 4.78 is 17.9. The number of benzene rings is 3. The average Bonchev–Trinajstić information content (AvgIpc) is 2.74. The maximum absolute atomic E-state index is 14.4. The summed E-state index contributed by atoms with van der Waals surface area (Å²) in [5, 5.41) is 0.425. The van der Waals surface area contributed by atoms with E-state index in [0.717, 1.165) is 25.3 Å². The number of rotatable bonds is 5. The van der Waals surface area contributed by atoms with Gasteiger partial charge in [0.2, 0.25) is 0 Å². The van der Waals surface area contributed by atoms with Crippen molar-refractivity contribution in [2.45, 2.75) is 24.8 Å². The van der Waals surface area contributed by atoms with Crippen molar-refractivity contribution in [2.75, 3.05) is 34.2 Å². The van der Waals surface area contributed by atoms with Crippen molar-refractivity contribution in [3.63, 3.8) is 0 Å². The number of aryl methyl sites for hydroxylation is 1. The third-order valence-electron chi connectivity index (χ3n) is 5.39. The Morgan fingerprint density at radius 2 is 1.77 bits per heavy atom. The quantitative estimate of drug-likeness (QED) is 0.448. The molecule has 30 heavy (non-hydrogen) atoms. The first kappa shape index (κ1) is 20.9. The molecule has 0 bridgehead atoms. The Hall–Kier alpha value is -2.37. The summed E-state index contributed by atoms with van der Waals surface area (Å²) in [5.41, 5.74) is 4.12. The smallest absolute Gasteiger partial charge is 0.147 e. The Bertz CT molecular complexity index is 1010. The monoisotopic (exact) mass is 441 g/mol. The maximum atomic E-state index is 14.4. The standard InChI is InChI=1S/C24H25ClFN3S/c1-17-7-10-20(11-8-17)30-27-22-5-3-4-6-24(22)29-14-13-28(16-18(29)2)23-12-9-19(25)15-21(23)26/h3-12,15,18,27H,13-14,16H2,1-2H3. The highest BCUT2D eigenvalue weighted by Crippen LogP contribution is 2.34. The molecule has 1 aliphatic heterocycles. The second-order valence-corrected chi connectivity index (χ2v) is 8.93. The van der Waals surface area contributed by atoms with Crippen LogP contribution in [0.3, 0.4) is 0 Å². The lowest BCUT2D eigenvalue weighted by molar-refractivity contribution is 0.538. The van der Waals surface area contributed by atoms with Crippen LogP contribution in [0.25, 0.3) is 0 Å². The summed E-state index contributed by atoms with van der Waals surface area (Å²) in [5.74, 6) is -0.264. The summed E-state index contributed by atoms with van der Waals surface area (Å²) in [6.45, 7) is 6.59. The molecule has 1 saturated heterocycles. The van der Waals surface area contributed by atoms with Gasteiger partial charge in [-0.15, -0.1) is 0 Å². The van der Waals surface area contributed by atoms with Crippen LogP contribution in [-0.2, 0) is 0 Å². The molecule has 1 fully saturated rings. The molecule has 1 N–H and O–H groups in total. The number of nitrogens with zero attached hydrogens (tertiary/aromatic N) is 2. The van der Waals surface area contributed by atoms with Crippen LogP contribution in [-0.4, -0.2) is 25.7 Å². The van der Waals surface area contributed by atoms with Gasteiger partial charge in [-0.2, -0.15) is 0 Å². The molecule has 1 atom stereocenters. The lowest BCUT2D eigenvalue weighted by Gasteiger charge is -2.43. The molecule has 6 heteroatoms. The molecule has 4 rings (SSSR count). The van der Waals surface area contributed by atoms with Crippen molar-refractivity contribution in [1.82, 2.24) is 0 Å². The van der Waals surface area contributed by atoms with Gasteiger partial charge in [0.05, 0.1) is 17.1 Å². The van der Waals surface area contributed by atoms with E-state index in [0.29, 0.717) is 10.7 Å². The molecule has 3 nitrogen and oxygen atoms in total. The van der Waals surface area contributed by atoms with Crippen molar-refractivity contribution in [2.24, 2.45) is 0 Å². The predicted octanol–water partition coefficient (Wildman–Crippen LogP) is 6.62. The van der Waals surface area contributed by atoms with E-state index in [1.165, 1.54) is 22.2 Å². The van der Waals surface area contributed by atoms with E-state index >= 15 is 0 Å². The zero-order valence-corrected chi connectivity index (χ0v) is 18.7. The minimum Gasteiger partial charge on any atom is -0.365 e. The topological polar surface area (TPSA) is 18.5 Å². The zero-order valence-electron chi connectivity index (χ0n) is 17.1. The maximum Gasteiger partial charge on any atom is 0.147 e. The number of anilines is 3. The highest BCUT2D eigenvalue weighted by Gasteiger charge is 2.27. The zero-order chi connectivity index (χ0) is 21.1. The average molecular weight is 442 g/mol. The Morgan fingerprint density at radius 3 is 2.50 bits per heavy atom. The van der Waals surface area contributed by atoms with Crippen molar-refractivity contribution >= 4 is 40.6 Å². The van der Waals surface area contributed by atoms with Crippen LogP contribution in [0.5, 0.6) is 0 Å². The van der Waals surface area contributed by atoms with Crippen LogP contribution in [0.4, 0.5) is 21.5 Å². The molecular weight excluding hydrogens is 417 g/mol. The minimum atomic E-state index is -0.264. The van der Waals surface area contributed by atoms with Gasteiger partial charge >= 0.3 is 0 Å². The molecule has 1 heterocycles. The lowest BCUT2D eigenvalue weighted by Crippen LogP contribution is -2.52. The molecule has 0 radical (unpaired) electrons. The van der Waals surface area contributed by atoms with Crippen LogP contribution in [0.2, 0.25) is 5.02 Å². The lowest BCUT2D eigenvalue weighted by atomic mass is 10.1. The highest BCUT2D eigenvalue weighted by atomic mass is 35.5. The minimum absolute atomic E-state index is 0.237. The number of piperazine rings is 1. The fraction of sp³-hybridized carbons (Fsp3) is 0.250.